The van der Waals surface area contributed by atoms with Gasteiger partial charge in [-0.1, -0.05) is 54.6 Å². The van der Waals surface area contributed by atoms with E-state index in [0.29, 0.717) is 40.2 Å². The molecule has 6 rings (SSSR count). The van der Waals surface area contributed by atoms with Crippen LogP contribution in [0.5, 0.6) is 0 Å². The number of hydrogen-bond donors (Lipinski definition) is 3. The molecule has 4 aromatic rings. The van der Waals surface area contributed by atoms with Crippen molar-refractivity contribution in [3.05, 3.63) is 95.1 Å². The number of aromatic amines is 1. The first kappa shape index (κ1) is 25.1. The van der Waals surface area contributed by atoms with Crippen LogP contribution in [0.15, 0.2) is 72.8 Å². The third kappa shape index (κ3) is 4.75. The molecule has 1 fully saturated rings. The van der Waals surface area contributed by atoms with E-state index in [1.807, 2.05) is 36.4 Å². The number of benzene rings is 3. The number of H-pyrrole nitrogens is 1. The van der Waals surface area contributed by atoms with Gasteiger partial charge in [-0.05, 0) is 62.7 Å². The van der Waals surface area contributed by atoms with Crippen LogP contribution in [0.4, 0.5) is 10.7 Å². The SMILES string of the molecule is CN1CCC(COC(=O)Nc2nc3ccc(C4(O)c5ccccc5C(=O)N4Cc4ccccc4)cc3[nH]2)CC1. The minimum absolute atomic E-state index is 0.238. The highest BCUT2D eigenvalue weighted by atomic mass is 16.5. The summed E-state index contributed by atoms with van der Waals surface area (Å²) < 4.78 is 5.45. The second kappa shape index (κ2) is 10.2. The summed E-state index contributed by atoms with van der Waals surface area (Å²) in [5.74, 6) is 0.379. The van der Waals surface area contributed by atoms with Crippen LogP contribution >= 0.6 is 0 Å². The van der Waals surface area contributed by atoms with Gasteiger partial charge in [0.2, 0.25) is 5.95 Å². The van der Waals surface area contributed by atoms with Gasteiger partial charge in [0.25, 0.3) is 5.91 Å². The zero-order valence-electron chi connectivity index (χ0n) is 21.8. The molecule has 0 radical (unpaired) electrons. The molecule has 3 N–H and O–H groups in total. The summed E-state index contributed by atoms with van der Waals surface area (Å²) in [4.78, 5) is 37.2. The number of aliphatic hydroxyl groups is 1. The van der Waals surface area contributed by atoms with Gasteiger partial charge < -0.3 is 19.7 Å². The van der Waals surface area contributed by atoms with Crippen LogP contribution in [0.25, 0.3) is 11.0 Å². The van der Waals surface area contributed by atoms with Crippen molar-refractivity contribution in [3.63, 3.8) is 0 Å². The van der Waals surface area contributed by atoms with E-state index in [-0.39, 0.29) is 18.4 Å². The van der Waals surface area contributed by atoms with Crippen LogP contribution in [-0.4, -0.2) is 63.6 Å². The van der Waals surface area contributed by atoms with Gasteiger partial charge in [0.1, 0.15) is 0 Å². The average Bonchev–Trinajstić information content (AvgIpc) is 3.45. The van der Waals surface area contributed by atoms with E-state index in [1.54, 1.807) is 36.4 Å². The summed E-state index contributed by atoms with van der Waals surface area (Å²) in [5.41, 5.74) is 1.97. The number of rotatable bonds is 6. The lowest BCUT2D eigenvalue weighted by Crippen LogP contribution is -2.44. The number of amides is 2. The minimum atomic E-state index is -1.68. The Morgan fingerprint density at radius 3 is 2.64 bits per heavy atom. The second-order valence-electron chi connectivity index (χ2n) is 10.4. The molecule has 3 heterocycles. The van der Waals surface area contributed by atoms with Crippen molar-refractivity contribution >= 4 is 29.0 Å². The van der Waals surface area contributed by atoms with Gasteiger partial charge in [-0.2, -0.15) is 0 Å². The van der Waals surface area contributed by atoms with Gasteiger partial charge >= 0.3 is 6.09 Å². The zero-order valence-corrected chi connectivity index (χ0v) is 21.8. The van der Waals surface area contributed by atoms with Crippen molar-refractivity contribution in [2.45, 2.75) is 25.1 Å². The highest BCUT2D eigenvalue weighted by Crippen LogP contribution is 2.43. The van der Waals surface area contributed by atoms with Gasteiger partial charge in [0, 0.05) is 23.2 Å². The van der Waals surface area contributed by atoms with Crippen LogP contribution in [0, 0.1) is 5.92 Å². The molecule has 1 aromatic heterocycles. The van der Waals surface area contributed by atoms with Gasteiger partial charge in [-0.3, -0.25) is 15.0 Å². The van der Waals surface area contributed by atoms with E-state index in [4.69, 9.17) is 4.74 Å². The Morgan fingerprint density at radius 1 is 1.10 bits per heavy atom. The number of piperidine rings is 1. The average molecular weight is 526 g/mol. The molecule has 9 heteroatoms. The largest absolute Gasteiger partial charge is 0.449 e. The minimum Gasteiger partial charge on any atom is -0.449 e. The van der Waals surface area contributed by atoms with Crippen molar-refractivity contribution in [3.8, 4) is 0 Å². The van der Waals surface area contributed by atoms with Crippen molar-refractivity contribution in [1.82, 2.24) is 19.8 Å². The summed E-state index contributed by atoms with van der Waals surface area (Å²) in [6.07, 6.45) is 1.45. The normalized spacial score (nSPS) is 19.8. The second-order valence-corrected chi connectivity index (χ2v) is 10.4. The lowest BCUT2D eigenvalue weighted by Gasteiger charge is -2.35. The number of imidazole rings is 1. The number of aromatic nitrogens is 2. The molecule has 0 saturated carbocycles. The predicted octanol–water partition coefficient (Wildman–Crippen LogP) is 4.30. The molecular formula is C30H31N5O4. The van der Waals surface area contributed by atoms with Crippen molar-refractivity contribution in [1.29, 1.82) is 0 Å². The smallest absolute Gasteiger partial charge is 0.413 e. The number of likely N-dealkylation sites (tertiary alicyclic amines) is 1. The Balaban J connectivity index is 1.24. The van der Waals surface area contributed by atoms with Gasteiger partial charge in [0.15, 0.2) is 5.72 Å². The lowest BCUT2D eigenvalue weighted by atomic mass is 9.93. The van der Waals surface area contributed by atoms with Gasteiger partial charge in [-0.25, -0.2) is 9.78 Å². The Morgan fingerprint density at radius 2 is 1.85 bits per heavy atom. The predicted molar refractivity (Wildman–Crippen MR) is 147 cm³/mol. The maximum Gasteiger partial charge on any atom is 0.413 e. The standard InChI is InChI=1S/C30H31N5O4/c1-34-15-13-21(14-16-34)19-39-29(37)33-28-31-25-12-11-22(17-26(25)32-28)30(38)24-10-6-5-9-23(24)27(36)35(30)18-20-7-3-2-4-8-20/h2-12,17,21,38H,13-16,18-19H2,1H3,(H2,31,32,33,37). The zero-order chi connectivity index (χ0) is 27.0. The molecule has 1 unspecified atom stereocenters. The summed E-state index contributed by atoms with van der Waals surface area (Å²) in [6.45, 7) is 2.63. The number of anilines is 1. The molecule has 0 spiro atoms. The molecule has 1 saturated heterocycles. The number of nitrogens with zero attached hydrogens (tertiary/aromatic N) is 3. The molecule has 2 aliphatic heterocycles. The first-order valence-electron chi connectivity index (χ1n) is 13.2. The summed E-state index contributed by atoms with van der Waals surface area (Å²) >= 11 is 0. The lowest BCUT2D eigenvalue weighted by molar-refractivity contribution is -0.0542. The molecule has 3 aromatic carbocycles. The van der Waals surface area contributed by atoms with E-state index in [2.05, 4.69) is 27.2 Å². The molecule has 0 aliphatic carbocycles. The molecule has 2 aliphatic rings. The molecule has 2 amide bonds. The van der Waals surface area contributed by atoms with Crippen molar-refractivity contribution < 1.29 is 19.4 Å². The fourth-order valence-corrected chi connectivity index (χ4v) is 5.52. The van der Waals surface area contributed by atoms with Crippen LogP contribution in [0.2, 0.25) is 0 Å². The number of carbonyl (C=O) groups is 2. The fraction of sp³-hybridized carbons (Fsp3) is 0.300. The molecular weight excluding hydrogens is 494 g/mol. The first-order valence-corrected chi connectivity index (χ1v) is 13.2. The number of carbonyl (C=O) groups excluding carboxylic acids is 2. The van der Waals surface area contributed by atoms with Crippen molar-refractivity contribution in [2.24, 2.45) is 5.92 Å². The summed E-state index contributed by atoms with van der Waals surface area (Å²) in [6, 6.07) is 22.0. The quantitative estimate of drug-likeness (QED) is 0.346. The maximum atomic E-state index is 13.5. The first-order chi connectivity index (χ1) is 18.9. The van der Waals surface area contributed by atoms with E-state index in [0.717, 1.165) is 31.5 Å². The topological polar surface area (TPSA) is 111 Å². The van der Waals surface area contributed by atoms with Crippen LogP contribution in [0.1, 0.15) is 39.9 Å². The van der Waals surface area contributed by atoms with Crippen LogP contribution in [0.3, 0.4) is 0 Å². The molecule has 39 heavy (non-hydrogen) atoms. The molecule has 9 nitrogen and oxygen atoms in total. The molecule has 200 valence electrons. The Hall–Kier alpha value is -4.21. The van der Waals surface area contributed by atoms with E-state index in [1.165, 1.54) is 4.90 Å². The number of hydrogen-bond acceptors (Lipinski definition) is 6. The van der Waals surface area contributed by atoms with Crippen LogP contribution < -0.4 is 5.32 Å². The fourth-order valence-electron chi connectivity index (χ4n) is 5.52. The van der Waals surface area contributed by atoms with Crippen LogP contribution in [-0.2, 0) is 17.0 Å². The molecule has 0 bridgehead atoms. The highest BCUT2D eigenvalue weighted by molar-refractivity contribution is 6.00. The van der Waals surface area contributed by atoms with Crippen molar-refractivity contribution in [2.75, 3.05) is 32.1 Å². The van der Waals surface area contributed by atoms with E-state index in [9.17, 15) is 14.7 Å². The molecule has 1 atom stereocenters. The highest BCUT2D eigenvalue weighted by Gasteiger charge is 2.49. The summed E-state index contributed by atoms with van der Waals surface area (Å²) in [7, 11) is 2.10. The third-order valence-corrected chi connectivity index (χ3v) is 7.75. The number of ether oxygens (including phenoxy) is 1. The van der Waals surface area contributed by atoms with E-state index < -0.39 is 11.8 Å². The Kier molecular flexibility index (Phi) is 6.54. The number of fused-ring (bicyclic) bond motifs is 2. The third-order valence-electron chi connectivity index (χ3n) is 7.75. The Labute approximate surface area is 226 Å². The number of nitrogens with one attached hydrogen (secondary N) is 2. The summed E-state index contributed by atoms with van der Waals surface area (Å²) in [5, 5.41) is 14.9. The van der Waals surface area contributed by atoms with Gasteiger partial charge in [0.05, 0.1) is 17.6 Å². The maximum absolute atomic E-state index is 13.5. The Bertz CT molecular complexity index is 1510. The van der Waals surface area contributed by atoms with E-state index >= 15 is 0 Å². The van der Waals surface area contributed by atoms with Gasteiger partial charge in [-0.15, -0.1) is 0 Å². The monoisotopic (exact) mass is 525 g/mol.